The van der Waals surface area contributed by atoms with E-state index in [-0.39, 0.29) is 6.10 Å². The Labute approximate surface area is 85.0 Å². The van der Waals surface area contributed by atoms with Gasteiger partial charge in [-0.05, 0) is 24.7 Å². The van der Waals surface area contributed by atoms with E-state index in [1.54, 1.807) is 14.2 Å². The van der Waals surface area contributed by atoms with Crippen LogP contribution < -0.4 is 10.1 Å². The Morgan fingerprint density at radius 3 is 2.71 bits per heavy atom. The van der Waals surface area contributed by atoms with E-state index >= 15 is 0 Å². The van der Waals surface area contributed by atoms with Crippen LogP contribution >= 0.6 is 0 Å². The maximum Gasteiger partial charge on any atom is 0.119 e. The smallest absolute Gasteiger partial charge is 0.119 e. The summed E-state index contributed by atoms with van der Waals surface area (Å²) in [6.45, 7) is 0.795. The molecule has 1 aromatic rings. The van der Waals surface area contributed by atoms with Crippen LogP contribution in [0.5, 0.6) is 5.75 Å². The highest BCUT2D eigenvalue weighted by molar-refractivity contribution is 5.30. The van der Waals surface area contributed by atoms with E-state index in [9.17, 15) is 0 Å². The third-order valence-corrected chi connectivity index (χ3v) is 2.14. The Kier molecular flexibility index (Phi) is 4.43. The fourth-order valence-electron chi connectivity index (χ4n) is 1.36. The molecule has 1 aromatic carbocycles. The molecule has 0 aliphatic rings. The number of ether oxygens (including phenoxy) is 2. The first-order chi connectivity index (χ1) is 6.81. The van der Waals surface area contributed by atoms with Crippen molar-refractivity contribution in [2.75, 3.05) is 27.8 Å². The van der Waals surface area contributed by atoms with Gasteiger partial charge in [-0.15, -0.1) is 0 Å². The van der Waals surface area contributed by atoms with Gasteiger partial charge >= 0.3 is 0 Å². The first kappa shape index (κ1) is 11.0. The predicted octanol–water partition coefficient (Wildman–Crippen LogP) is 1.60. The number of likely N-dealkylation sites (N-methyl/N-ethyl adjacent to an activating group) is 1. The van der Waals surface area contributed by atoms with Crippen LogP contribution in [0.4, 0.5) is 0 Å². The van der Waals surface area contributed by atoms with Crippen molar-refractivity contribution in [2.45, 2.75) is 6.10 Å². The Morgan fingerprint density at radius 2 is 2.14 bits per heavy atom. The van der Waals surface area contributed by atoms with Crippen molar-refractivity contribution < 1.29 is 9.47 Å². The summed E-state index contributed by atoms with van der Waals surface area (Å²) in [5.74, 6) is 0.862. The van der Waals surface area contributed by atoms with Crippen molar-refractivity contribution in [1.29, 1.82) is 0 Å². The molecular formula is C11H17NO2. The summed E-state index contributed by atoms with van der Waals surface area (Å²) < 4.78 is 10.5. The molecule has 3 heteroatoms. The third-order valence-electron chi connectivity index (χ3n) is 2.14. The van der Waals surface area contributed by atoms with E-state index in [0.29, 0.717) is 0 Å². The fraction of sp³-hybridized carbons (Fsp3) is 0.455. The molecule has 0 spiro atoms. The van der Waals surface area contributed by atoms with Crippen LogP contribution in [0, 0.1) is 0 Å². The lowest BCUT2D eigenvalue weighted by Crippen LogP contribution is -2.18. The molecule has 0 heterocycles. The predicted molar refractivity (Wildman–Crippen MR) is 56.7 cm³/mol. The summed E-state index contributed by atoms with van der Waals surface area (Å²) in [5.41, 5.74) is 1.13. The minimum atomic E-state index is 0.0788. The van der Waals surface area contributed by atoms with E-state index in [4.69, 9.17) is 9.47 Å². The standard InChI is InChI=1S/C11H17NO2/c1-12-8-11(14-3)9-5-4-6-10(7-9)13-2/h4-7,11-12H,8H2,1-3H3/t11-/m1/s1. The molecule has 0 unspecified atom stereocenters. The topological polar surface area (TPSA) is 30.5 Å². The second-order valence-electron chi connectivity index (χ2n) is 3.06. The van der Waals surface area contributed by atoms with E-state index in [2.05, 4.69) is 5.32 Å². The monoisotopic (exact) mass is 195 g/mol. The third kappa shape index (κ3) is 2.72. The zero-order valence-corrected chi connectivity index (χ0v) is 8.91. The minimum Gasteiger partial charge on any atom is -0.497 e. The summed E-state index contributed by atoms with van der Waals surface area (Å²) in [6, 6.07) is 7.92. The van der Waals surface area contributed by atoms with E-state index in [1.165, 1.54) is 0 Å². The SMILES string of the molecule is CNC[C@@H](OC)c1cccc(OC)c1. The summed E-state index contributed by atoms with van der Waals surface area (Å²) in [6.07, 6.45) is 0.0788. The normalized spacial score (nSPS) is 12.5. The van der Waals surface area contributed by atoms with Crippen molar-refractivity contribution in [1.82, 2.24) is 5.32 Å². The second-order valence-corrected chi connectivity index (χ2v) is 3.06. The van der Waals surface area contributed by atoms with E-state index in [0.717, 1.165) is 17.9 Å². The maximum absolute atomic E-state index is 5.36. The van der Waals surface area contributed by atoms with Crippen LogP contribution in [-0.2, 0) is 4.74 Å². The number of nitrogens with one attached hydrogen (secondary N) is 1. The summed E-state index contributed by atoms with van der Waals surface area (Å²) in [5, 5.41) is 3.09. The lowest BCUT2D eigenvalue weighted by atomic mass is 10.1. The first-order valence-corrected chi connectivity index (χ1v) is 4.63. The Balaban J connectivity index is 2.80. The molecule has 1 rings (SSSR count). The second kappa shape index (κ2) is 5.62. The van der Waals surface area contributed by atoms with Crippen LogP contribution in [0.15, 0.2) is 24.3 Å². The van der Waals surface area contributed by atoms with Crippen LogP contribution in [0.3, 0.4) is 0 Å². The number of rotatable bonds is 5. The fourth-order valence-corrected chi connectivity index (χ4v) is 1.36. The van der Waals surface area contributed by atoms with Crippen molar-refractivity contribution in [3.8, 4) is 5.75 Å². The van der Waals surface area contributed by atoms with Gasteiger partial charge in [-0.25, -0.2) is 0 Å². The van der Waals surface area contributed by atoms with Crippen molar-refractivity contribution in [3.05, 3.63) is 29.8 Å². The largest absolute Gasteiger partial charge is 0.497 e. The van der Waals surface area contributed by atoms with Gasteiger partial charge in [0.1, 0.15) is 5.75 Å². The molecule has 0 saturated carbocycles. The first-order valence-electron chi connectivity index (χ1n) is 4.63. The van der Waals surface area contributed by atoms with Crippen LogP contribution in [0.1, 0.15) is 11.7 Å². The van der Waals surface area contributed by atoms with Crippen LogP contribution in [-0.4, -0.2) is 27.8 Å². The Bertz CT molecular complexity index is 276. The lowest BCUT2D eigenvalue weighted by molar-refractivity contribution is 0.104. The van der Waals surface area contributed by atoms with Crippen molar-refractivity contribution in [2.24, 2.45) is 0 Å². The van der Waals surface area contributed by atoms with Gasteiger partial charge in [0.2, 0.25) is 0 Å². The molecule has 1 N–H and O–H groups in total. The molecule has 0 aromatic heterocycles. The summed E-state index contributed by atoms with van der Waals surface area (Å²) in [4.78, 5) is 0. The molecule has 0 aliphatic heterocycles. The van der Waals surface area contributed by atoms with Gasteiger partial charge in [-0.2, -0.15) is 0 Å². The summed E-state index contributed by atoms with van der Waals surface area (Å²) >= 11 is 0. The molecule has 1 atom stereocenters. The molecule has 0 radical (unpaired) electrons. The minimum absolute atomic E-state index is 0.0788. The number of hydrogen-bond acceptors (Lipinski definition) is 3. The molecule has 0 aliphatic carbocycles. The molecule has 0 fully saturated rings. The summed E-state index contributed by atoms with van der Waals surface area (Å²) in [7, 11) is 5.28. The quantitative estimate of drug-likeness (QED) is 0.774. The average molecular weight is 195 g/mol. The van der Waals surface area contributed by atoms with Gasteiger partial charge in [0.15, 0.2) is 0 Å². The average Bonchev–Trinajstić information content (AvgIpc) is 2.26. The molecule has 0 amide bonds. The highest BCUT2D eigenvalue weighted by Crippen LogP contribution is 2.20. The number of methoxy groups -OCH3 is 2. The van der Waals surface area contributed by atoms with E-state index in [1.807, 2.05) is 31.3 Å². The molecule has 0 saturated heterocycles. The number of benzene rings is 1. The highest BCUT2D eigenvalue weighted by atomic mass is 16.5. The highest BCUT2D eigenvalue weighted by Gasteiger charge is 2.09. The zero-order chi connectivity index (χ0) is 10.4. The molecule has 3 nitrogen and oxygen atoms in total. The van der Waals surface area contributed by atoms with Gasteiger partial charge in [0.05, 0.1) is 13.2 Å². The zero-order valence-electron chi connectivity index (χ0n) is 8.91. The molecule has 78 valence electrons. The van der Waals surface area contributed by atoms with Gasteiger partial charge < -0.3 is 14.8 Å². The van der Waals surface area contributed by atoms with Gasteiger partial charge in [0, 0.05) is 13.7 Å². The Hall–Kier alpha value is -1.06. The van der Waals surface area contributed by atoms with Crippen molar-refractivity contribution >= 4 is 0 Å². The van der Waals surface area contributed by atoms with Crippen LogP contribution in [0.25, 0.3) is 0 Å². The van der Waals surface area contributed by atoms with Gasteiger partial charge in [-0.1, -0.05) is 12.1 Å². The maximum atomic E-state index is 5.36. The van der Waals surface area contributed by atoms with Crippen molar-refractivity contribution in [3.63, 3.8) is 0 Å². The van der Waals surface area contributed by atoms with Gasteiger partial charge in [0.25, 0.3) is 0 Å². The molecule has 14 heavy (non-hydrogen) atoms. The van der Waals surface area contributed by atoms with Crippen LogP contribution in [0.2, 0.25) is 0 Å². The molecule has 0 bridgehead atoms. The van der Waals surface area contributed by atoms with Gasteiger partial charge in [-0.3, -0.25) is 0 Å². The Morgan fingerprint density at radius 1 is 1.36 bits per heavy atom. The number of hydrogen-bond donors (Lipinski definition) is 1. The van der Waals surface area contributed by atoms with E-state index < -0.39 is 0 Å². The lowest BCUT2D eigenvalue weighted by Gasteiger charge is -2.15. The molecular weight excluding hydrogens is 178 g/mol.